The van der Waals surface area contributed by atoms with Gasteiger partial charge in [-0.15, -0.1) is 0 Å². The van der Waals surface area contributed by atoms with Crippen LogP contribution in [0, 0.1) is 12.7 Å². The molecule has 0 saturated carbocycles. The maximum Gasteiger partial charge on any atom is 0.125 e. The molecule has 3 N–H and O–H groups in total. The summed E-state index contributed by atoms with van der Waals surface area (Å²) in [5.41, 5.74) is 7.62. The number of hydrogen-bond donors (Lipinski definition) is 2. The summed E-state index contributed by atoms with van der Waals surface area (Å²) < 4.78 is 12.8. The number of nitrogens with zero attached hydrogens (tertiary/aromatic N) is 2. The lowest BCUT2D eigenvalue weighted by molar-refractivity contribution is 0.628. The van der Waals surface area contributed by atoms with Crippen molar-refractivity contribution in [2.75, 3.05) is 11.1 Å². The quantitative estimate of drug-likeness (QED) is 0.795. The lowest BCUT2D eigenvalue weighted by Crippen LogP contribution is -2.05. The van der Waals surface area contributed by atoms with Gasteiger partial charge in [-0.3, -0.25) is 0 Å². The van der Waals surface area contributed by atoms with Crippen molar-refractivity contribution in [1.82, 2.24) is 9.97 Å². The van der Waals surface area contributed by atoms with Crippen LogP contribution < -0.4 is 11.1 Å². The van der Waals surface area contributed by atoms with Gasteiger partial charge in [-0.1, -0.05) is 0 Å². The van der Waals surface area contributed by atoms with E-state index in [0.717, 1.165) is 11.5 Å². The molecule has 0 saturated heterocycles. The van der Waals surface area contributed by atoms with Crippen LogP contribution >= 0.6 is 0 Å². The summed E-state index contributed by atoms with van der Waals surface area (Å²) in [6, 6.07) is 6.08. The van der Waals surface area contributed by atoms with Crippen molar-refractivity contribution in [3.05, 3.63) is 47.8 Å². The number of rotatable bonds is 3. The Morgan fingerprint density at radius 1 is 1.35 bits per heavy atom. The average Bonchev–Trinajstić information content (AvgIpc) is 2.28. The highest BCUT2D eigenvalue weighted by Crippen LogP contribution is 2.19. The smallest absolute Gasteiger partial charge is 0.125 e. The fourth-order valence-electron chi connectivity index (χ4n) is 1.48. The molecule has 1 aromatic heterocycles. The molecule has 88 valence electrons. The zero-order chi connectivity index (χ0) is 12.3. The van der Waals surface area contributed by atoms with E-state index in [-0.39, 0.29) is 5.82 Å². The van der Waals surface area contributed by atoms with Crippen LogP contribution in [0.3, 0.4) is 0 Å². The highest BCUT2D eigenvalue weighted by atomic mass is 19.1. The molecule has 0 aliphatic carbocycles. The Morgan fingerprint density at radius 2 is 2.18 bits per heavy atom. The van der Waals surface area contributed by atoms with Crippen LogP contribution in [0.25, 0.3) is 0 Å². The van der Waals surface area contributed by atoms with Gasteiger partial charge in [0.1, 0.15) is 11.6 Å². The van der Waals surface area contributed by atoms with E-state index < -0.39 is 0 Å². The monoisotopic (exact) mass is 232 g/mol. The van der Waals surface area contributed by atoms with Crippen LogP contribution in [0.4, 0.5) is 15.8 Å². The van der Waals surface area contributed by atoms with Gasteiger partial charge in [-0.2, -0.15) is 0 Å². The molecule has 1 aromatic carbocycles. The van der Waals surface area contributed by atoms with E-state index in [1.165, 1.54) is 12.1 Å². The first-order valence-corrected chi connectivity index (χ1v) is 5.22. The summed E-state index contributed by atoms with van der Waals surface area (Å²) in [5.74, 6) is 0.377. The van der Waals surface area contributed by atoms with Crippen LogP contribution in [0.15, 0.2) is 30.5 Å². The van der Waals surface area contributed by atoms with Gasteiger partial charge in [0.15, 0.2) is 0 Å². The van der Waals surface area contributed by atoms with Crippen LogP contribution in [0.5, 0.6) is 0 Å². The minimum absolute atomic E-state index is 0.342. The Morgan fingerprint density at radius 3 is 2.88 bits per heavy atom. The van der Waals surface area contributed by atoms with E-state index in [9.17, 15) is 4.39 Å². The highest BCUT2D eigenvalue weighted by Gasteiger charge is 2.01. The van der Waals surface area contributed by atoms with Crippen LogP contribution in [0.2, 0.25) is 0 Å². The Labute approximate surface area is 98.7 Å². The second kappa shape index (κ2) is 4.78. The van der Waals surface area contributed by atoms with Gasteiger partial charge >= 0.3 is 0 Å². The predicted molar refractivity (Wildman–Crippen MR) is 64.9 cm³/mol. The molecule has 0 unspecified atom stereocenters. The lowest BCUT2D eigenvalue weighted by atomic mass is 10.2. The summed E-state index contributed by atoms with van der Waals surface area (Å²) in [6.45, 7) is 2.36. The van der Waals surface area contributed by atoms with Crippen molar-refractivity contribution in [3.8, 4) is 0 Å². The summed E-state index contributed by atoms with van der Waals surface area (Å²) >= 11 is 0. The molecule has 17 heavy (non-hydrogen) atoms. The largest absolute Gasteiger partial charge is 0.397 e. The van der Waals surface area contributed by atoms with Crippen molar-refractivity contribution in [2.24, 2.45) is 0 Å². The Kier molecular flexibility index (Phi) is 3.18. The summed E-state index contributed by atoms with van der Waals surface area (Å²) in [6.07, 6.45) is 1.70. The number of anilines is 2. The molecule has 0 radical (unpaired) electrons. The predicted octanol–water partition coefficient (Wildman–Crippen LogP) is 2.12. The van der Waals surface area contributed by atoms with Gasteiger partial charge in [0.05, 0.1) is 23.6 Å². The molecule has 0 fully saturated rings. The molecule has 0 atom stereocenters. The lowest BCUT2D eigenvalue weighted by Gasteiger charge is -2.08. The Balaban J connectivity index is 2.07. The van der Waals surface area contributed by atoms with Gasteiger partial charge in [0, 0.05) is 6.20 Å². The van der Waals surface area contributed by atoms with Crippen LogP contribution in [0.1, 0.15) is 11.5 Å². The molecule has 2 rings (SSSR count). The molecule has 0 amide bonds. The van der Waals surface area contributed by atoms with Gasteiger partial charge in [-0.05, 0) is 31.2 Å². The van der Waals surface area contributed by atoms with Crippen molar-refractivity contribution in [1.29, 1.82) is 0 Å². The SMILES string of the molecule is Cc1nccc(CNc2ccc(F)cc2N)n1. The van der Waals surface area contributed by atoms with Crippen LogP contribution in [-0.2, 0) is 6.54 Å². The van der Waals surface area contributed by atoms with E-state index in [0.29, 0.717) is 17.9 Å². The van der Waals surface area contributed by atoms with Crippen molar-refractivity contribution >= 4 is 11.4 Å². The van der Waals surface area contributed by atoms with Gasteiger partial charge in [0.2, 0.25) is 0 Å². The third-order valence-electron chi connectivity index (χ3n) is 2.31. The van der Waals surface area contributed by atoms with Crippen molar-refractivity contribution < 1.29 is 4.39 Å². The first-order valence-electron chi connectivity index (χ1n) is 5.22. The molecule has 0 bridgehead atoms. The molecule has 2 aromatic rings. The topological polar surface area (TPSA) is 63.8 Å². The maximum atomic E-state index is 12.8. The second-order valence-corrected chi connectivity index (χ2v) is 3.68. The molecule has 0 aliphatic heterocycles. The van der Waals surface area contributed by atoms with E-state index in [4.69, 9.17) is 5.73 Å². The highest BCUT2D eigenvalue weighted by molar-refractivity contribution is 5.65. The zero-order valence-corrected chi connectivity index (χ0v) is 9.44. The minimum Gasteiger partial charge on any atom is -0.397 e. The third kappa shape index (κ3) is 2.90. The number of aromatic nitrogens is 2. The molecule has 1 heterocycles. The standard InChI is InChI=1S/C12H13FN4/c1-8-15-5-4-10(17-8)7-16-12-3-2-9(13)6-11(12)14/h2-6,16H,7,14H2,1H3. The first-order chi connectivity index (χ1) is 8.15. The molecular formula is C12H13FN4. The fourth-order valence-corrected chi connectivity index (χ4v) is 1.48. The number of halogens is 1. The van der Waals surface area contributed by atoms with E-state index in [1.54, 1.807) is 12.3 Å². The number of nitrogen functional groups attached to an aromatic ring is 1. The fraction of sp³-hybridized carbons (Fsp3) is 0.167. The molecule has 0 aliphatic rings. The number of benzene rings is 1. The zero-order valence-electron chi connectivity index (χ0n) is 9.44. The second-order valence-electron chi connectivity index (χ2n) is 3.68. The molecular weight excluding hydrogens is 219 g/mol. The Hall–Kier alpha value is -2.17. The molecule has 0 spiro atoms. The van der Waals surface area contributed by atoms with Crippen molar-refractivity contribution in [2.45, 2.75) is 13.5 Å². The molecule has 5 heteroatoms. The van der Waals surface area contributed by atoms with E-state index in [1.807, 2.05) is 13.0 Å². The Bertz CT molecular complexity index is 528. The minimum atomic E-state index is -0.342. The number of aryl methyl sites for hydroxylation is 1. The van der Waals surface area contributed by atoms with Gasteiger partial charge < -0.3 is 11.1 Å². The van der Waals surface area contributed by atoms with Gasteiger partial charge in [-0.25, -0.2) is 14.4 Å². The van der Waals surface area contributed by atoms with Crippen LogP contribution in [-0.4, -0.2) is 9.97 Å². The normalized spacial score (nSPS) is 10.2. The number of hydrogen-bond acceptors (Lipinski definition) is 4. The third-order valence-corrected chi connectivity index (χ3v) is 2.31. The van der Waals surface area contributed by atoms with Gasteiger partial charge in [0.25, 0.3) is 0 Å². The molecule has 4 nitrogen and oxygen atoms in total. The average molecular weight is 232 g/mol. The summed E-state index contributed by atoms with van der Waals surface area (Å²) in [7, 11) is 0. The van der Waals surface area contributed by atoms with E-state index >= 15 is 0 Å². The van der Waals surface area contributed by atoms with E-state index in [2.05, 4.69) is 15.3 Å². The summed E-state index contributed by atoms with van der Waals surface area (Å²) in [4.78, 5) is 8.26. The number of nitrogens with one attached hydrogen (secondary N) is 1. The number of nitrogens with two attached hydrogens (primary N) is 1. The maximum absolute atomic E-state index is 12.8. The van der Waals surface area contributed by atoms with Crippen molar-refractivity contribution in [3.63, 3.8) is 0 Å². The first kappa shape index (κ1) is 11.3. The summed E-state index contributed by atoms with van der Waals surface area (Å²) in [5, 5.41) is 3.10.